The van der Waals surface area contributed by atoms with Crippen molar-refractivity contribution in [3.63, 3.8) is 0 Å². The summed E-state index contributed by atoms with van der Waals surface area (Å²) in [4.78, 5) is 26.8. The van der Waals surface area contributed by atoms with Crippen molar-refractivity contribution in [1.82, 2.24) is 9.97 Å². The normalized spacial score (nSPS) is 11.2. The van der Waals surface area contributed by atoms with E-state index in [1.165, 1.54) is 5.32 Å². The number of alkyl halides is 3. The van der Waals surface area contributed by atoms with Crippen LogP contribution in [0.5, 0.6) is 0 Å². The Morgan fingerprint density at radius 2 is 1.94 bits per heavy atom. The minimum Gasteiger partial charge on any atom is -0.382 e. The first-order chi connectivity index (χ1) is 7.21. The van der Waals surface area contributed by atoms with Crippen LogP contribution in [0.2, 0.25) is 0 Å². The third-order valence-corrected chi connectivity index (χ3v) is 1.46. The zero-order chi connectivity index (χ0) is 12.5. The van der Waals surface area contributed by atoms with Crippen molar-refractivity contribution in [2.24, 2.45) is 0 Å². The monoisotopic (exact) mass is 237 g/mol. The van der Waals surface area contributed by atoms with Gasteiger partial charge in [0.05, 0.1) is 0 Å². The molecule has 0 unspecified atom stereocenters. The minimum absolute atomic E-state index is 0.368. The smallest absolute Gasteiger partial charge is 0.382 e. The maximum atomic E-state index is 11.9. The van der Waals surface area contributed by atoms with Gasteiger partial charge < -0.3 is 16.8 Å². The van der Waals surface area contributed by atoms with Gasteiger partial charge in [-0.2, -0.15) is 18.2 Å². The lowest BCUT2D eigenvalue weighted by atomic mass is 10.4. The number of nitrogens with two attached hydrogens (primary N) is 2. The highest BCUT2D eigenvalue weighted by Gasteiger charge is 2.39. The van der Waals surface area contributed by atoms with Crippen LogP contribution < -0.4 is 22.3 Å². The van der Waals surface area contributed by atoms with Gasteiger partial charge in [0, 0.05) is 0 Å². The molecule has 0 atom stereocenters. The number of carbonyl (C=O) groups excluding carboxylic acids is 1. The van der Waals surface area contributed by atoms with E-state index >= 15 is 0 Å². The van der Waals surface area contributed by atoms with Crippen molar-refractivity contribution in [2.45, 2.75) is 6.18 Å². The van der Waals surface area contributed by atoms with E-state index in [-0.39, 0.29) is 5.95 Å². The molecular formula is C6H6F3N5O2. The number of halogens is 3. The average molecular weight is 237 g/mol. The quantitative estimate of drug-likeness (QED) is 0.520. The number of nitrogens with zero attached hydrogens (tertiary/aromatic N) is 1. The van der Waals surface area contributed by atoms with Crippen LogP contribution in [0, 0.1) is 0 Å². The highest BCUT2D eigenvalue weighted by molar-refractivity contribution is 5.96. The first-order valence-corrected chi connectivity index (χ1v) is 3.75. The van der Waals surface area contributed by atoms with Crippen molar-refractivity contribution >= 4 is 23.4 Å². The second kappa shape index (κ2) is 3.72. The molecule has 10 heteroatoms. The SMILES string of the molecule is Nc1nc(N)c(NC(=O)C(F)(F)F)c(=O)[nH]1. The van der Waals surface area contributed by atoms with Gasteiger partial charge in [0.2, 0.25) is 5.95 Å². The molecule has 7 nitrogen and oxygen atoms in total. The van der Waals surface area contributed by atoms with Crippen LogP contribution >= 0.6 is 0 Å². The van der Waals surface area contributed by atoms with E-state index in [2.05, 4.69) is 4.98 Å². The Kier molecular flexibility index (Phi) is 2.74. The molecule has 1 aromatic heterocycles. The van der Waals surface area contributed by atoms with E-state index in [1.54, 1.807) is 0 Å². The van der Waals surface area contributed by atoms with Crippen LogP contribution in [0.1, 0.15) is 0 Å². The van der Waals surface area contributed by atoms with Crippen LogP contribution in [-0.2, 0) is 4.79 Å². The number of anilines is 3. The molecule has 16 heavy (non-hydrogen) atoms. The van der Waals surface area contributed by atoms with Gasteiger partial charge in [-0.1, -0.05) is 0 Å². The second-order valence-electron chi connectivity index (χ2n) is 2.66. The summed E-state index contributed by atoms with van der Waals surface area (Å²) in [6.07, 6.45) is -5.12. The third kappa shape index (κ3) is 2.40. The Morgan fingerprint density at radius 1 is 1.38 bits per heavy atom. The molecule has 88 valence electrons. The van der Waals surface area contributed by atoms with Crippen LogP contribution in [0.15, 0.2) is 4.79 Å². The standard InChI is InChI=1S/C6H6F3N5O2/c7-6(8,9)4(16)12-1-2(10)13-5(11)14-3(1)15/h(H,12,16)(H5,10,11,13,14,15). The first-order valence-electron chi connectivity index (χ1n) is 3.75. The summed E-state index contributed by atoms with van der Waals surface area (Å²) < 4.78 is 35.6. The van der Waals surface area contributed by atoms with Crippen molar-refractivity contribution in [2.75, 3.05) is 16.8 Å². The molecule has 0 saturated carbocycles. The number of rotatable bonds is 1. The number of carbonyl (C=O) groups is 1. The van der Waals surface area contributed by atoms with E-state index in [0.29, 0.717) is 0 Å². The molecule has 6 N–H and O–H groups in total. The van der Waals surface area contributed by atoms with Gasteiger partial charge >= 0.3 is 12.1 Å². The number of aromatic amines is 1. The molecule has 1 rings (SSSR count). The molecule has 0 bridgehead atoms. The van der Waals surface area contributed by atoms with E-state index in [1.807, 2.05) is 4.98 Å². The number of aromatic nitrogens is 2. The molecular weight excluding hydrogens is 231 g/mol. The molecule has 0 aliphatic heterocycles. The predicted octanol–water partition coefficient (Wildman–Crippen LogP) is -0.565. The van der Waals surface area contributed by atoms with Crippen LogP contribution in [0.25, 0.3) is 0 Å². The molecule has 1 aromatic rings. The van der Waals surface area contributed by atoms with Crippen molar-refractivity contribution in [3.8, 4) is 0 Å². The summed E-state index contributed by atoms with van der Waals surface area (Å²) >= 11 is 0. The van der Waals surface area contributed by atoms with Gasteiger partial charge in [-0.05, 0) is 0 Å². The molecule has 0 saturated heterocycles. The first kappa shape index (κ1) is 11.8. The molecule has 0 aromatic carbocycles. The molecule has 1 amide bonds. The Bertz CT molecular complexity index is 480. The molecule has 0 fully saturated rings. The Morgan fingerprint density at radius 3 is 2.38 bits per heavy atom. The number of H-pyrrole nitrogens is 1. The van der Waals surface area contributed by atoms with Crippen molar-refractivity contribution in [1.29, 1.82) is 0 Å². The fourth-order valence-electron chi connectivity index (χ4n) is 0.814. The Balaban J connectivity index is 3.08. The summed E-state index contributed by atoms with van der Waals surface area (Å²) in [6, 6.07) is 0. The average Bonchev–Trinajstić information content (AvgIpc) is 2.08. The fraction of sp³-hybridized carbons (Fsp3) is 0.167. The number of nitrogen functional groups attached to an aromatic ring is 2. The number of amides is 1. The Hall–Kier alpha value is -2.26. The fourth-order valence-corrected chi connectivity index (χ4v) is 0.814. The van der Waals surface area contributed by atoms with Crippen molar-refractivity contribution in [3.05, 3.63) is 10.4 Å². The summed E-state index contributed by atoms with van der Waals surface area (Å²) in [5, 5.41) is 1.29. The lowest BCUT2D eigenvalue weighted by Gasteiger charge is -2.08. The van der Waals surface area contributed by atoms with E-state index in [9.17, 15) is 22.8 Å². The van der Waals surface area contributed by atoms with Gasteiger partial charge in [-0.15, -0.1) is 0 Å². The van der Waals surface area contributed by atoms with E-state index < -0.39 is 29.1 Å². The summed E-state index contributed by atoms with van der Waals surface area (Å²) in [6.45, 7) is 0. The number of nitrogens with one attached hydrogen (secondary N) is 2. The maximum Gasteiger partial charge on any atom is 0.471 e. The zero-order valence-electron chi connectivity index (χ0n) is 7.55. The largest absolute Gasteiger partial charge is 0.471 e. The predicted molar refractivity (Wildman–Crippen MR) is 48.4 cm³/mol. The highest BCUT2D eigenvalue weighted by Crippen LogP contribution is 2.18. The topological polar surface area (TPSA) is 127 Å². The Labute approximate surface area is 85.6 Å². The maximum absolute atomic E-state index is 11.9. The van der Waals surface area contributed by atoms with E-state index in [0.717, 1.165) is 0 Å². The van der Waals surface area contributed by atoms with Gasteiger partial charge in [0.25, 0.3) is 5.56 Å². The van der Waals surface area contributed by atoms with Gasteiger partial charge in [-0.25, -0.2) is 0 Å². The van der Waals surface area contributed by atoms with Gasteiger partial charge in [0.15, 0.2) is 11.5 Å². The number of hydrogen-bond donors (Lipinski definition) is 4. The van der Waals surface area contributed by atoms with Crippen LogP contribution in [-0.4, -0.2) is 22.1 Å². The van der Waals surface area contributed by atoms with E-state index in [4.69, 9.17) is 11.5 Å². The molecule has 1 heterocycles. The van der Waals surface area contributed by atoms with Crippen molar-refractivity contribution < 1.29 is 18.0 Å². The summed E-state index contributed by atoms with van der Waals surface area (Å²) in [5.41, 5.74) is 8.32. The third-order valence-electron chi connectivity index (χ3n) is 1.46. The zero-order valence-corrected chi connectivity index (χ0v) is 7.55. The molecule has 0 radical (unpaired) electrons. The summed E-state index contributed by atoms with van der Waals surface area (Å²) in [7, 11) is 0. The second-order valence-corrected chi connectivity index (χ2v) is 2.66. The molecule has 0 aliphatic rings. The van der Waals surface area contributed by atoms with Crippen LogP contribution in [0.4, 0.5) is 30.6 Å². The van der Waals surface area contributed by atoms with Gasteiger partial charge in [0.1, 0.15) is 0 Å². The molecule has 0 spiro atoms. The lowest BCUT2D eigenvalue weighted by molar-refractivity contribution is -0.167. The van der Waals surface area contributed by atoms with Crippen LogP contribution in [0.3, 0.4) is 0 Å². The number of hydrogen-bond acceptors (Lipinski definition) is 5. The van der Waals surface area contributed by atoms with Gasteiger partial charge in [-0.3, -0.25) is 14.6 Å². The molecule has 0 aliphatic carbocycles. The minimum atomic E-state index is -5.12. The lowest BCUT2D eigenvalue weighted by Crippen LogP contribution is -2.33. The highest BCUT2D eigenvalue weighted by atomic mass is 19.4. The summed E-state index contributed by atoms with van der Waals surface area (Å²) in [5.74, 6) is -3.29.